The molecule has 0 amide bonds. The van der Waals surface area contributed by atoms with Gasteiger partial charge in [-0.2, -0.15) is 0 Å². The molecule has 0 bridgehead atoms. The van der Waals surface area contributed by atoms with E-state index in [0.29, 0.717) is 17.7 Å². The number of ketones is 2. The molecule has 2 rings (SSSR count). The molecule has 0 spiro atoms. The van der Waals surface area contributed by atoms with E-state index in [4.69, 9.17) is 4.74 Å². The van der Waals surface area contributed by atoms with Crippen LogP contribution in [-0.4, -0.2) is 24.1 Å². The van der Waals surface area contributed by atoms with Gasteiger partial charge in [-0.3, -0.25) is 9.59 Å². The van der Waals surface area contributed by atoms with E-state index in [1.807, 2.05) is 6.07 Å². The topological polar surface area (TPSA) is 60.4 Å². The van der Waals surface area contributed by atoms with Gasteiger partial charge in [-0.1, -0.05) is 30.3 Å². The molecule has 2 aromatic rings. The SMILES string of the molecule is CCOC(=O)c1ccc(CC(=O)Cc2cccc(C(C)=O)c2)cc1. The fourth-order valence-corrected chi connectivity index (χ4v) is 2.39. The van der Waals surface area contributed by atoms with Crippen LogP contribution in [0.2, 0.25) is 0 Å². The molecular weight excluding hydrogens is 304 g/mol. The summed E-state index contributed by atoms with van der Waals surface area (Å²) in [4.78, 5) is 35.2. The Morgan fingerprint density at radius 1 is 0.875 bits per heavy atom. The molecule has 4 nitrogen and oxygen atoms in total. The highest BCUT2D eigenvalue weighted by atomic mass is 16.5. The first kappa shape index (κ1) is 17.6. The average Bonchev–Trinajstić information content (AvgIpc) is 2.55. The maximum atomic E-state index is 12.2. The lowest BCUT2D eigenvalue weighted by Gasteiger charge is -2.05. The fraction of sp³-hybridized carbons (Fsp3) is 0.250. The molecule has 2 aromatic carbocycles. The predicted octanol–water partition coefficient (Wildman–Crippen LogP) is 3.42. The van der Waals surface area contributed by atoms with Gasteiger partial charge in [0.25, 0.3) is 0 Å². The Morgan fingerprint density at radius 2 is 1.54 bits per heavy atom. The standard InChI is InChI=1S/C20H20O4/c1-3-24-20(23)17-9-7-15(8-10-17)12-19(22)13-16-5-4-6-18(11-16)14(2)21/h4-11H,3,12-13H2,1-2H3. The third kappa shape index (κ3) is 4.88. The van der Waals surface area contributed by atoms with Crippen molar-refractivity contribution in [3.05, 3.63) is 70.8 Å². The van der Waals surface area contributed by atoms with Gasteiger partial charge >= 0.3 is 5.97 Å². The number of esters is 1. The van der Waals surface area contributed by atoms with Crippen LogP contribution in [0.15, 0.2) is 48.5 Å². The Kier molecular flexibility index (Phi) is 6.01. The number of benzene rings is 2. The molecule has 0 N–H and O–H groups in total. The summed E-state index contributed by atoms with van der Waals surface area (Å²) in [6.07, 6.45) is 0.564. The van der Waals surface area contributed by atoms with E-state index < -0.39 is 0 Å². The van der Waals surface area contributed by atoms with Gasteiger partial charge in [-0.05, 0) is 43.2 Å². The Bertz CT molecular complexity index is 744. The van der Waals surface area contributed by atoms with Crippen molar-refractivity contribution >= 4 is 17.5 Å². The molecule has 0 aliphatic carbocycles. The van der Waals surface area contributed by atoms with Crippen LogP contribution in [0.5, 0.6) is 0 Å². The molecule has 0 radical (unpaired) electrons. The van der Waals surface area contributed by atoms with E-state index in [2.05, 4.69) is 0 Å². The summed E-state index contributed by atoms with van der Waals surface area (Å²) >= 11 is 0. The van der Waals surface area contributed by atoms with Gasteiger partial charge in [0, 0.05) is 18.4 Å². The van der Waals surface area contributed by atoms with Gasteiger partial charge in [-0.15, -0.1) is 0 Å². The second-order valence-corrected chi connectivity index (χ2v) is 5.57. The summed E-state index contributed by atoms with van der Waals surface area (Å²) in [5.74, 6) is -0.324. The lowest BCUT2D eigenvalue weighted by molar-refractivity contribution is -0.117. The smallest absolute Gasteiger partial charge is 0.338 e. The number of ether oxygens (including phenoxy) is 1. The van der Waals surface area contributed by atoms with Crippen molar-refractivity contribution in [2.24, 2.45) is 0 Å². The minimum Gasteiger partial charge on any atom is -0.462 e. The van der Waals surface area contributed by atoms with Gasteiger partial charge in [0.15, 0.2) is 5.78 Å². The molecule has 0 unspecified atom stereocenters. The summed E-state index contributed by atoms with van der Waals surface area (Å²) < 4.78 is 4.92. The predicted molar refractivity (Wildman–Crippen MR) is 91.3 cm³/mol. The summed E-state index contributed by atoms with van der Waals surface area (Å²) in [5, 5.41) is 0. The van der Waals surface area contributed by atoms with Crippen LogP contribution in [0.3, 0.4) is 0 Å². The second-order valence-electron chi connectivity index (χ2n) is 5.57. The number of carbonyl (C=O) groups is 3. The Hall–Kier alpha value is -2.75. The fourth-order valence-electron chi connectivity index (χ4n) is 2.39. The third-order valence-electron chi connectivity index (χ3n) is 3.60. The maximum absolute atomic E-state index is 12.2. The average molecular weight is 324 g/mol. The zero-order chi connectivity index (χ0) is 17.5. The normalized spacial score (nSPS) is 10.2. The van der Waals surface area contributed by atoms with Crippen LogP contribution in [0.25, 0.3) is 0 Å². The Morgan fingerprint density at radius 3 is 2.17 bits per heavy atom. The molecule has 4 heteroatoms. The first-order valence-electron chi connectivity index (χ1n) is 7.87. The molecule has 0 saturated carbocycles. The van der Waals surface area contributed by atoms with Gasteiger partial charge < -0.3 is 4.74 Å². The van der Waals surface area contributed by atoms with Crippen molar-refractivity contribution < 1.29 is 19.1 Å². The van der Waals surface area contributed by atoms with Gasteiger partial charge in [-0.25, -0.2) is 4.79 Å². The van der Waals surface area contributed by atoms with E-state index in [1.165, 1.54) is 6.92 Å². The highest BCUT2D eigenvalue weighted by Crippen LogP contribution is 2.11. The van der Waals surface area contributed by atoms with Crippen LogP contribution < -0.4 is 0 Å². The molecule has 0 aliphatic heterocycles. The number of hydrogen-bond acceptors (Lipinski definition) is 4. The van der Waals surface area contributed by atoms with E-state index >= 15 is 0 Å². The van der Waals surface area contributed by atoms with Crippen LogP contribution in [-0.2, 0) is 22.4 Å². The third-order valence-corrected chi connectivity index (χ3v) is 3.60. The van der Waals surface area contributed by atoms with Crippen LogP contribution in [0.4, 0.5) is 0 Å². The monoisotopic (exact) mass is 324 g/mol. The highest BCUT2D eigenvalue weighted by molar-refractivity contribution is 5.94. The molecule has 0 saturated heterocycles. The molecule has 0 fully saturated rings. The van der Waals surface area contributed by atoms with Crippen molar-refractivity contribution in [2.75, 3.05) is 6.61 Å². The van der Waals surface area contributed by atoms with Crippen LogP contribution in [0.1, 0.15) is 45.7 Å². The molecule has 0 aromatic heterocycles. The first-order chi connectivity index (χ1) is 11.5. The lowest BCUT2D eigenvalue weighted by atomic mass is 10.00. The van der Waals surface area contributed by atoms with Gasteiger partial charge in [0.2, 0.25) is 0 Å². The largest absolute Gasteiger partial charge is 0.462 e. The Labute approximate surface area is 141 Å². The number of hydrogen-bond donors (Lipinski definition) is 0. The summed E-state index contributed by atoms with van der Waals surface area (Å²) in [6.45, 7) is 3.59. The molecule has 0 aliphatic rings. The van der Waals surface area contributed by atoms with Crippen molar-refractivity contribution in [3.63, 3.8) is 0 Å². The Balaban J connectivity index is 1.98. The molecule has 0 atom stereocenters. The van der Waals surface area contributed by atoms with Crippen LogP contribution in [0, 0.1) is 0 Å². The molecule has 0 heterocycles. The first-order valence-corrected chi connectivity index (χ1v) is 7.87. The molecular formula is C20H20O4. The van der Waals surface area contributed by atoms with Crippen molar-refractivity contribution in [1.29, 1.82) is 0 Å². The zero-order valence-corrected chi connectivity index (χ0v) is 13.9. The highest BCUT2D eigenvalue weighted by Gasteiger charge is 2.09. The number of carbonyl (C=O) groups excluding carboxylic acids is 3. The minimum absolute atomic E-state index is 0.0150. The maximum Gasteiger partial charge on any atom is 0.338 e. The van der Waals surface area contributed by atoms with Crippen molar-refractivity contribution in [1.82, 2.24) is 0 Å². The van der Waals surface area contributed by atoms with E-state index in [1.54, 1.807) is 49.4 Å². The molecule has 124 valence electrons. The zero-order valence-electron chi connectivity index (χ0n) is 13.9. The number of rotatable bonds is 7. The van der Waals surface area contributed by atoms with Crippen LogP contribution >= 0.6 is 0 Å². The number of Topliss-reactive ketones (excluding diaryl/α,β-unsaturated/α-hetero) is 2. The van der Waals surface area contributed by atoms with Gasteiger partial charge in [0.05, 0.1) is 12.2 Å². The van der Waals surface area contributed by atoms with E-state index in [0.717, 1.165) is 11.1 Å². The lowest BCUT2D eigenvalue weighted by Crippen LogP contribution is -2.08. The quantitative estimate of drug-likeness (QED) is 0.578. The van der Waals surface area contributed by atoms with Gasteiger partial charge in [0.1, 0.15) is 5.78 Å². The summed E-state index contributed by atoms with van der Waals surface area (Å²) in [5.41, 5.74) is 2.76. The van der Waals surface area contributed by atoms with E-state index in [9.17, 15) is 14.4 Å². The summed E-state index contributed by atoms with van der Waals surface area (Å²) in [6, 6.07) is 14.0. The van der Waals surface area contributed by atoms with E-state index in [-0.39, 0.29) is 30.4 Å². The minimum atomic E-state index is -0.364. The molecule has 24 heavy (non-hydrogen) atoms. The van der Waals surface area contributed by atoms with Crippen molar-refractivity contribution in [2.45, 2.75) is 26.7 Å². The van der Waals surface area contributed by atoms with Crippen molar-refractivity contribution in [3.8, 4) is 0 Å². The summed E-state index contributed by atoms with van der Waals surface area (Å²) in [7, 11) is 0. The second kappa shape index (κ2) is 8.20.